The Balaban J connectivity index is 1.41. The number of aryl methyl sites for hydroxylation is 1. The van der Waals surface area contributed by atoms with Gasteiger partial charge >= 0.3 is 0 Å². The molecule has 2 aromatic heterocycles. The molecule has 0 N–H and O–H groups in total. The number of amides is 1. The molecule has 3 aromatic rings. The minimum Gasteiger partial charge on any atom is -0.459 e. The fourth-order valence-electron chi connectivity index (χ4n) is 3.10. The van der Waals surface area contributed by atoms with Crippen LogP contribution in [0.2, 0.25) is 0 Å². The minimum atomic E-state index is -0.0608. The molecule has 4 rings (SSSR count). The molecule has 0 aliphatic carbocycles. The van der Waals surface area contributed by atoms with Crippen LogP contribution in [0.15, 0.2) is 51.5 Å². The quantitative estimate of drug-likeness (QED) is 0.729. The predicted octanol–water partition coefficient (Wildman–Crippen LogP) is 3.66. The summed E-state index contributed by atoms with van der Waals surface area (Å²) in [5.74, 6) is 1.71. The summed E-state index contributed by atoms with van der Waals surface area (Å²) in [6.07, 6.45) is 3.13. The largest absolute Gasteiger partial charge is 0.459 e. The number of aromatic nitrogens is 2. The molecule has 0 unspecified atom stereocenters. The summed E-state index contributed by atoms with van der Waals surface area (Å²) in [6, 6.07) is 11.4. The van der Waals surface area contributed by atoms with Gasteiger partial charge in [0.1, 0.15) is 0 Å². The van der Waals surface area contributed by atoms with Crippen LogP contribution >= 0.6 is 0 Å². The summed E-state index contributed by atoms with van der Waals surface area (Å²) in [7, 11) is 0. The Labute approximate surface area is 145 Å². The van der Waals surface area contributed by atoms with Crippen molar-refractivity contribution in [3.63, 3.8) is 0 Å². The van der Waals surface area contributed by atoms with Gasteiger partial charge in [0.25, 0.3) is 5.91 Å². The number of benzene rings is 1. The fourth-order valence-corrected chi connectivity index (χ4v) is 3.10. The van der Waals surface area contributed by atoms with Gasteiger partial charge in [0.05, 0.1) is 6.26 Å². The minimum absolute atomic E-state index is 0.0608. The van der Waals surface area contributed by atoms with Crippen LogP contribution in [-0.2, 0) is 0 Å². The molecular formula is C19H19N3O3. The summed E-state index contributed by atoms with van der Waals surface area (Å²) in [6.45, 7) is 3.36. The van der Waals surface area contributed by atoms with Gasteiger partial charge < -0.3 is 13.7 Å². The van der Waals surface area contributed by atoms with Crippen LogP contribution < -0.4 is 0 Å². The third-order valence-electron chi connectivity index (χ3n) is 4.60. The Morgan fingerprint density at radius 1 is 1.12 bits per heavy atom. The van der Waals surface area contributed by atoms with Crippen LogP contribution in [0.1, 0.15) is 40.8 Å². The standard InChI is InChI=1S/C19H19N3O3/c1-13-4-6-14(7-5-13)17-20-21-18(25-17)15-8-10-22(11-9-15)19(23)16-3-2-12-24-16/h2-7,12,15H,8-11H2,1H3. The van der Waals surface area contributed by atoms with Gasteiger partial charge in [0.15, 0.2) is 5.76 Å². The molecule has 0 atom stereocenters. The van der Waals surface area contributed by atoms with Gasteiger partial charge in [-0.2, -0.15) is 0 Å². The Kier molecular flexibility index (Phi) is 4.09. The molecular weight excluding hydrogens is 318 g/mol. The second kappa shape index (κ2) is 6.55. The second-order valence-electron chi connectivity index (χ2n) is 6.36. The van der Waals surface area contributed by atoms with Gasteiger partial charge in [-0.1, -0.05) is 17.7 Å². The highest BCUT2D eigenvalue weighted by Gasteiger charge is 2.28. The molecule has 0 bridgehead atoms. The average Bonchev–Trinajstić information content (AvgIpc) is 3.34. The number of nitrogens with zero attached hydrogens (tertiary/aromatic N) is 3. The first-order chi connectivity index (χ1) is 12.2. The zero-order valence-electron chi connectivity index (χ0n) is 14.0. The third kappa shape index (κ3) is 3.20. The lowest BCUT2D eigenvalue weighted by molar-refractivity contribution is 0.0674. The van der Waals surface area contributed by atoms with Crippen molar-refractivity contribution in [2.45, 2.75) is 25.7 Å². The topological polar surface area (TPSA) is 72.4 Å². The first kappa shape index (κ1) is 15.6. The van der Waals surface area contributed by atoms with Crippen molar-refractivity contribution >= 4 is 5.91 Å². The summed E-state index contributed by atoms with van der Waals surface area (Å²) < 4.78 is 11.1. The molecule has 0 radical (unpaired) electrons. The van der Waals surface area contributed by atoms with Crippen LogP contribution in [-0.4, -0.2) is 34.1 Å². The Morgan fingerprint density at radius 2 is 1.88 bits per heavy atom. The molecule has 0 saturated carbocycles. The van der Waals surface area contributed by atoms with Crippen LogP contribution in [0.5, 0.6) is 0 Å². The molecule has 1 fully saturated rings. The lowest BCUT2D eigenvalue weighted by Crippen LogP contribution is -2.37. The van der Waals surface area contributed by atoms with Crippen LogP contribution in [0, 0.1) is 6.92 Å². The first-order valence-electron chi connectivity index (χ1n) is 8.44. The number of rotatable bonds is 3. The number of furan rings is 1. The highest BCUT2D eigenvalue weighted by molar-refractivity contribution is 5.91. The zero-order valence-corrected chi connectivity index (χ0v) is 14.0. The molecule has 1 aromatic carbocycles. The Bertz CT molecular complexity index is 844. The van der Waals surface area contributed by atoms with E-state index in [1.807, 2.05) is 36.1 Å². The number of hydrogen-bond donors (Lipinski definition) is 0. The molecule has 1 aliphatic rings. The lowest BCUT2D eigenvalue weighted by atomic mass is 9.96. The predicted molar refractivity (Wildman–Crippen MR) is 91.1 cm³/mol. The monoisotopic (exact) mass is 337 g/mol. The molecule has 0 spiro atoms. The lowest BCUT2D eigenvalue weighted by Gasteiger charge is -2.29. The summed E-state index contributed by atoms with van der Waals surface area (Å²) in [5.41, 5.74) is 2.12. The van der Waals surface area contributed by atoms with Crippen molar-refractivity contribution in [2.75, 3.05) is 13.1 Å². The number of carbonyl (C=O) groups excluding carboxylic acids is 1. The van der Waals surface area contributed by atoms with Crippen molar-refractivity contribution in [1.82, 2.24) is 15.1 Å². The van der Waals surface area contributed by atoms with Crippen LogP contribution in [0.3, 0.4) is 0 Å². The molecule has 1 saturated heterocycles. The number of carbonyl (C=O) groups is 1. The maximum atomic E-state index is 12.3. The van der Waals surface area contributed by atoms with E-state index in [9.17, 15) is 4.79 Å². The zero-order chi connectivity index (χ0) is 17.2. The molecule has 128 valence electrons. The maximum Gasteiger partial charge on any atom is 0.289 e. The van der Waals surface area contributed by atoms with Crippen molar-refractivity contribution in [3.8, 4) is 11.5 Å². The average molecular weight is 337 g/mol. The summed E-state index contributed by atoms with van der Waals surface area (Å²) >= 11 is 0. The van der Waals surface area contributed by atoms with Gasteiger partial charge in [-0.3, -0.25) is 4.79 Å². The Hall–Kier alpha value is -2.89. The SMILES string of the molecule is Cc1ccc(-c2nnc(C3CCN(C(=O)c4ccco4)CC3)o2)cc1. The normalized spacial score (nSPS) is 15.5. The van der Waals surface area contributed by atoms with Gasteiger partial charge in [0, 0.05) is 24.6 Å². The molecule has 6 nitrogen and oxygen atoms in total. The number of piperidine rings is 1. The van der Waals surface area contributed by atoms with E-state index >= 15 is 0 Å². The van der Waals surface area contributed by atoms with Crippen molar-refractivity contribution in [2.24, 2.45) is 0 Å². The summed E-state index contributed by atoms with van der Waals surface area (Å²) in [4.78, 5) is 14.1. The van der Waals surface area contributed by atoms with Crippen molar-refractivity contribution in [1.29, 1.82) is 0 Å². The second-order valence-corrected chi connectivity index (χ2v) is 6.36. The van der Waals surface area contributed by atoms with Gasteiger partial charge in [-0.15, -0.1) is 10.2 Å². The number of likely N-dealkylation sites (tertiary alicyclic amines) is 1. The van der Waals surface area contributed by atoms with E-state index in [0.29, 0.717) is 30.6 Å². The highest BCUT2D eigenvalue weighted by atomic mass is 16.4. The fraction of sp³-hybridized carbons (Fsp3) is 0.316. The Morgan fingerprint density at radius 3 is 2.56 bits per heavy atom. The van der Waals surface area contributed by atoms with Gasteiger partial charge in [-0.05, 0) is 44.0 Å². The van der Waals surface area contributed by atoms with Crippen LogP contribution in [0.4, 0.5) is 0 Å². The smallest absolute Gasteiger partial charge is 0.289 e. The first-order valence-corrected chi connectivity index (χ1v) is 8.44. The molecule has 3 heterocycles. The van der Waals surface area contributed by atoms with Crippen LogP contribution in [0.25, 0.3) is 11.5 Å². The summed E-state index contributed by atoms with van der Waals surface area (Å²) in [5, 5.41) is 8.39. The van der Waals surface area contributed by atoms with E-state index < -0.39 is 0 Å². The van der Waals surface area contributed by atoms with E-state index in [1.165, 1.54) is 11.8 Å². The van der Waals surface area contributed by atoms with E-state index in [-0.39, 0.29) is 11.8 Å². The van der Waals surface area contributed by atoms with E-state index in [2.05, 4.69) is 10.2 Å². The maximum absolute atomic E-state index is 12.3. The molecule has 25 heavy (non-hydrogen) atoms. The van der Waals surface area contributed by atoms with Crippen molar-refractivity contribution in [3.05, 3.63) is 59.9 Å². The van der Waals surface area contributed by atoms with Gasteiger partial charge in [0.2, 0.25) is 11.8 Å². The van der Waals surface area contributed by atoms with E-state index in [4.69, 9.17) is 8.83 Å². The van der Waals surface area contributed by atoms with Gasteiger partial charge in [-0.25, -0.2) is 0 Å². The van der Waals surface area contributed by atoms with E-state index in [0.717, 1.165) is 18.4 Å². The molecule has 1 amide bonds. The number of hydrogen-bond acceptors (Lipinski definition) is 5. The highest BCUT2D eigenvalue weighted by Crippen LogP contribution is 2.30. The molecule has 6 heteroatoms. The third-order valence-corrected chi connectivity index (χ3v) is 4.60. The van der Waals surface area contributed by atoms with E-state index in [1.54, 1.807) is 12.1 Å². The van der Waals surface area contributed by atoms with Crippen molar-refractivity contribution < 1.29 is 13.6 Å². The molecule has 1 aliphatic heterocycles.